The Morgan fingerprint density at radius 1 is 1.22 bits per heavy atom. The minimum Gasteiger partial charge on any atom is -0.481 e. The number of rotatable bonds is 10. The first-order valence-electron chi connectivity index (χ1n) is 8.34. The minimum absolute atomic E-state index is 0.0968. The van der Waals surface area contributed by atoms with E-state index in [0.717, 1.165) is 0 Å². The van der Waals surface area contributed by atoms with Crippen LogP contribution in [-0.4, -0.2) is 62.7 Å². The molecule has 0 unspecified atom stereocenters. The number of anilines is 1. The summed E-state index contributed by atoms with van der Waals surface area (Å²) in [7, 11) is 1.53. The van der Waals surface area contributed by atoms with Gasteiger partial charge in [0.1, 0.15) is 0 Å². The quantitative estimate of drug-likeness (QED) is 0.502. The zero-order valence-corrected chi connectivity index (χ0v) is 15.1. The maximum atomic E-state index is 12.4. The second-order valence-electron chi connectivity index (χ2n) is 5.59. The summed E-state index contributed by atoms with van der Waals surface area (Å²) >= 11 is 0. The van der Waals surface area contributed by atoms with Gasteiger partial charge in [-0.15, -0.1) is 0 Å². The van der Waals surface area contributed by atoms with Crippen LogP contribution in [0.25, 0.3) is 0 Å². The van der Waals surface area contributed by atoms with E-state index in [1.807, 2.05) is 6.92 Å². The molecule has 11 heteroatoms. The van der Waals surface area contributed by atoms with Crippen molar-refractivity contribution in [2.24, 2.45) is 0 Å². The fourth-order valence-electron chi connectivity index (χ4n) is 2.20. The van der Waals surface area contributed by atoms with Crippen molar-refractivity contribution in [1.29, 1.82) is 0 Å². The largest absolute Gasteiger partial charge is 0.481 e. The number of hydrogen-bond acceptors (Lipinski definition) is 6. The SMILES string of the molecule is CCn1cc(NC(=O)c2cnn(CCC(=O)O)c2)c(C(=O)NCCOC)n1. The van der Waals surface area contributed by atoms with E-state index in [1.165, 1.54) is 28.9 Å². The molecule has 146 valence electrons. The molecule has 0 saturated heterocycles. The maximum absolute atomic E-state index is 12.4. The topological polar surface area (TPSA) is 140 Å². The molecule has 0 atom stereocenters. The highest BCUT2D eigenvalue weighted by Crippen LogP contribution is 2.15. The third-order valence-corrected chi connectivity index (χ3v) is 3.59. The number of carbonyl (C=O) groups is 3. The number of methoxy groups -OCH3 is 1. The van der Waals surface area contributed by atoms with Gasteiger partial charge in [-0.05, 0) is 6.92 Å². The predicted molar refractivity (Wildman–Crippen MR) is 94.5 cm³/mol. The van der Waals surface area contributed by atoms with Gasteiger partial charge in [0, 0.05) is 32.6 Å². The second-order valence-corrected chi connectivity index (χ2v) is 5.59. The zero-order valence-electron chi connectivity index (χ0n) is 15.1. The normalized spacial score (nSPS) is 10.6. The molecule has 0 aliphatic heterocycles. The average Bonchev–Trinajstić information content (AvgIpc) is 3.27. The van der Waals surface area contributed by atoms with Crippen molar-refractivity contribution in [1.82, 2.24) is 24.9 Å². The first kappa shape index (κ1) is 20.1. The van der Waals surface area contributed by atoms with E-state index in [2.05, 4.69) is 20.8 Å². The molecule has 0 aromatic carbocycles. The molecule has 0 saturated carbocycles. The molecular weight excluding hydrogens is 356 g/mol. The molecule has 2 rings (SSSR count). The van der Waals surface area contributed by atoms with Gasteiger partial charge < -0.3 is 20.5 Å². The van der Waals surface area contributed by atoms with Crippen LogP contribution in [0.3, 0.4) is 0 Å². The van der Waals surface area contributed by atoms with Crippen molar-refractivity contribution in [2.75, 3.05) is 25.6 Å². The van der Waals surface area contributed by atoms with Crippen LogP contribution in [0.2, 0.25) is 0 Å². The number of carbonyl (C=O) groups excluding carboxylic acids is 2. The van der Waals surface area contributed by atoms with Gasteiger partial charge >= 0.3 is 5.97 Å². The van der Waals surface area contributed by atoms with Crippen LogP contribution >= 0.6 is 0 Å². The van der Waals surface area contributed by atoms with Crippen LogP contribution in [0, 0.1) is 0 Å². The van der Waals surface area contributed by atoms with Crippen LogP contribution in [0.15, 0.2) is 18.6 Å². The first-order valence-corrected chi connectivity index (χ1v) is 8.34. The summed E-state index contributed by atoms with van der Waals surface area (Å²) in [5.74, 6) is -1.85. The fraction of sp³-hybridized carbons (Fsp3) is 0.438. The molecular formula is C16H22N6O5. The van der Waals surface area contributed by atoms with Gasteiger partial charge in [0.05, 0.1) is 37.0 Å². The number of aromatic nitrogens is 4. The highest BCUT2D eigenvalue weighted by molar-refractivity contribution is 6.08. The maximum Gasteiger partial charge on any atom is 0.305 e. The van der Waals surface area contributed by atoms with Crippen molar-refractivity contribution in [3.05, 3.63) is 29.8 Å². The standard InChI is InChI=1S/C16H22N6O5/c1-3-21-10-12(14(20-21)16(26)17-5-7-27-2)19-15(25)11-8-18-22(9-11)6-4-13(23)24/h8-10H,3-7H2,1-2H3,(H,17,26)(H,19,25)(H,23,24). The molecule has 2 aromatic heterocycles. The van der Waals surface area contributed by atoms with E-state index in [9.17, 15) is 14.4 Å². The Bertz CT molecular complexity index is 812. The minimum atomic E-state index is -0.951. The number of nitrogens with zero attached hydrogens (tertiary/aromatic N) is 4. The molecule has 0 aliphatic carbocycles. The number of aryl methyl sites for hydroxylation is 2. The predicted octanol–water partition coefficient (Wildman–Crippen LogP) is 0.203. The van der Waals surface area contributed by atoms with Gasteiger partial charge in [0.25, 0.3) is 11.8 Å². The first-order chi connectivity index (χ1) is 12.9. The lowest BCUT2D eigenvalue weighted by atomic mass is 10.3. The molecule has 2 aromatic rings. The Hall–Kier alpha value is -3.21. The van der Waals surface area contributed by atoms with E-state index < -0.39 is 17.8 Å². The Balaban J connectivity index is 2.09. The lowest BCUT2D eigenvalue weighted by Crippen LogP contribution is -2.28. The number of amides is 2. The fourth-order valence-corrected chi connectivity index (χ4v) is 2.20. The monoisotopic (exact) mass is 378 g/mol. The Morgan fingerprint density at radius 2 is 2.00 bits per heavy atom. The number of carboxylic acid groups (broad SMARTS) is 1. The van der Waals surface area contributed by atoms with E-state index in [4.69, 9.17) is 9.84 Å². The van der Waals surface area contributed by atoms with Gasteiger partial charge in [-0.1, -0.05) is 0 Å². The molecule has 0 fully saturated rings. The molecule has 2 heterocycles. The summed E-state index contributed by atoms with van der Waals surface area (Å²) < 4.78 is 7.80. The summed E-state index contributed by atoms with van der Waals surface area (Å²) in [5, 5.41) is 22.1. The van der Waals surface area contributed by atoms with Gasteiger partial charge in [-0.3, -0.25) is 23.7 Å². The Morgan fingerprint density at radius 3 is 2.67 bits per heavy atom. The van der Waals surface area contributed by atoms with E-state index >= 15 is 0 Å². The summed E-state index contributed by atoms with van der Waals surface area (Å²) in [6.07, 6.45) is 4.25. The molecule has 27 heavy (non-hydrogen) atoms. The molecule has 0 radical (unpaired) electrons. The number of ether oxygens (including phenoxy) is 1. The van der Waals surface area contributed by atoms with Gasteiger partial charge in [0.2, 0.25) is 0 Å². The lowest BCUT2D eigenvalue weighted by Gasteiger charge is -2.05. The zero-order chi connectivity index (χ0) is 19.8. The summed E-state index contributed by atoms with van der Waals surface area (Å²) in [4.78, 5) is 35.3. The van der Waals surface area contributed by atoms with Crippen LogP contribution < -0.4 is 10.6 Å². The highest BCUT2D eigenvalue weighted by atomic mass is 16.5. The average molecular weight is 378 g/mol. The lowest BCUT2D eigenvalue weighted by molar-refractivity contribution is -0.137. The third-order valence-electron chi connectivity index (χ3n) is 3.59. The molecule has 0 spiro atoms. The van der Waals surface area contributed by atoms with Crippen molar-refractivity contribution in [3.8, 4) is 0 Å². The van der Waals surface area contributed by atoms with Crippen LogP contribution in [0.5, 0.6) is 0 Å². The van der Waals surface area contributed by atoms with E-state index in [0.29, 0.717) is 19.7 Å². The molecule has 0 aliphatic rings. The Kier molecular flexibility index (Phi) is 7.06. The number of carboxylic acids is 1. The number of hydrogen-bond donors (Lipinski definition) is 3. The molecule has 0 bridgehead atoms. The highest BCUT2D eigenvalue weighted by Gasteiger charge is 2.19. The Labute approximate surface area is 155 Å². The van der Waals surface area contributed by atoms with Crippen molar-refractivity contribution in [3.63, 3.8) is 0 Å². The van der Waals surface area contributed by atoms with Crippen LogP contribution in [-0.2, 0) is 22.6 Å². The number of aliphatic carboxylic acids is 1. The van der Waals surface area contributed by atoms with Crippen molar-refractivity contribution in [2.45, 2.75) is 26.4 Å². The summed E-state index contributed by atoms with van der Waals surface area (Å²) in [6.45, 7) is 3.22. The third kappa shape index (κ3) is 5.64. The van der Waals surface area contributed by atoms with Crippen LogP contribution in [0.4, 0.5) is 5.69 Å². The summed E-state index contributed by atoms with van der Waals surface area (Å²) in [6, 6.07) is 0. The second kappa shape index (κ2) is 9.48. The van der Waals surface area contributed by atoms with Gasteiger partial charge in [0.15, 0.2) is 5.69 Å². The van der Waals surface area contributed by atoms with E-state index in [1.54, 1.807) is 6.20 Å². The van der Waals surface area contributed by atoms with E-state index in [-0.39, 0.29) is 29.9 Å². The molecule has 3 N–H and O–H groups in total. The van der Waals surface area contributed by atoms with Crippen molar-refractivity contribution >= 4 is 23.5 Å². The smallest absolute Gasteiger partial charge is 0.305 e. The van der Waals surface area contributed by atoms with Gasteiger partial charge in [-0.25, -0.2) is 0 Å². The molecule has 2 amide bonds. The number of nitrogens with one attached hydrogen (secondary N) is 2. The van der Waals surface area contributed by atoms with Crippen LogP contribution in [0.1, 0.15) is 34.2 Å². The molecule has 11 nitrogen and oxygen atoms in total. The van der Waals surface area contributed by atoms with Gasteiger partial charge in [-0.2, -0.15) is 10.2 Å². The van der Waals surface area contributed by atoms with Crippen molar-refractivity contribution < 1.29 is 24.2 Å². The summed E-state index contributed by atoms with van der Waals surface area (Å²) in [5.41, 5.74) is 0.616.